The van der Waals surface area contributed by atoms with Crippen LogP contribution in [0, 0.1) is 0 Å². The fourth-order valence-corrected chi connectivity index (χ4v) is 0.861. The van der Waals surface area contributed by atoms with Gasteiger partial charge in [0.05, 0.1) is 6.54 Å². The summed E-state index contributed by atoms with van der Waals surface area (Å²) in [5.74, 6) is -20.9. The first-order valence-electron chi connectivity index (χ1n) is 4.72. The second kappa shape index (κ2) is 5.17. The molecule has 0 unspecified atom stereocenters. The first-order valence-corrected chi connectivity index (χ1v) is 4.72. The number of amides is 1. The minimum absolute atomic E-state index is 0.424. The van der Waals surface area contributed by atoms with Crippen LogP contribution in [0.5, 0.6) is 0 Å². The molecule has 0 heterocycles. The van der Waals surface area contributed by atoms with Crippen LogP contribution in [0.3, 0.4) is 0 Å². The normalized spacial score (nSPS) is 14.1. The first-order chi connectivity index (χ1) is 8.58. The van der Waals surface area contributed by atoms with Gasteiger partial charge in [-0.15, -0.1) is 0 Å². The number of rotatable bonds is 5. The predicted octanol–water partition coefficient (Wildman–Crippen LogP) is 3.15. The maximum absolute atomic E-state index is 12.9. The van der Waals surface area contributed by atoms with Crippen molar-refractivity contribution in [1.82, 2.24) is 5.32 Å². The van der Waals surface area contributed by atoms with Gasteiger partial charge >= 0.3 is 23.9 Å². The van der Waals surface area contributed by atoms with Gasteiger partial charge in [0.15, 0.2) is 0 Å². The van der Waals surface area contributed by atoms with Gasteiger partial charge < -0.3 is 5.32 Å². The van der Waals surface area contributed by atoms with Gasteiger partial charge in [-0.3, -0.25) is 4.79 Å². The van der Waals surface area contributed by atoms with E-state index >= 15 is 0 Å². The molecule has 118 valence electrons. The zero-order valence-corrected chi connectivity index (χ0v) is 9.72. The van der Waals surface area contributed by atoms with Gasteiger partial charge in [0.25, 0.3) is 0 Å². The van der Waals surface area contributed by atoms with E-state index in [2.05, 4.69) is 6.58 Å². The summed E-state index contributed by atoms with van der Waals surface area (Å²) in [5, 5.41) is 1.08. The third-order valence-electron chi connectivity index (χ3n) is 2.07. The number of hydrogen-bond acceptors (Lipinski definition) is 1. The van der Waals surface area contributed by atoms with Crippen molar-refractivity contribution < 1.29 is 44.3 Å². The molecule has 0 atom stereocenters. The van der Waals surface area contributed by atoms with Crippen LogP contribution in [0.25, 0.3) is 0 Å². The van der Waals surface area contributed by atoms with E-state index in [4.69, 9.17) is 0 Å². The van der Waals surface area contributed by atoms with E-state index in [1.807, 2.05) is 0 Å². The standard InChI is InChI=1S/C9H8F9NO/c1-4(2)5(20)19-3-6(10,11)7(12,13)8(14,15)9(16,17)18/h1,3H2,2H3,(H,19,20). The summed E-state index contributed by atoms with van der Waals surface area (Å²) < 4.78 is 111. The van der Waals surface area contributed by atoms with Crippen molar-refractivity contribution in [2.24, 2.45) is 0 Å². The zero-order valence-electron chi connectivity index (χ0n) is 9.72. The average Bonchev–Trinajstić information content (AvgIpc) is 2.23. The number of carbonyl (C=O) groups is 1. The fourth-order valence-electron chi connectivity index (χ4n) is 0.861. The molecular weight excluding hydrogens is 309 g/mol. The van der Waals surface area contributed by atoms with Crippen molar-refractivity contribution in [2.45, 2.75) is 30.9 Å². The minimum Gasteiger partial charge on any atom is -0.346 e. The van der Waals surface area contributed by atoms with Crippen molar-refractivity contribution in [1.29, 1.82) is 0 Å². The predicted molar refractivity (Wildman–Crippen MR) is 48.7 cm³/mol. The topological polar surface area (TPSA) is 29.1 Å². The van der Waals surface area contributed by atoms with Gasteiger partial charge in [-0.05, 0) is 6.92 Å². The van der Waals surface area contributed by atoms with E-state index in [1.54, 1.807) is 0 Å². The Kier molecular flexibility index (Phi) is 4.80. The molecule has 0 aliphatic rings. The molecule has 0 radical (unpaired) electrons. The second-order valence-electron chi connectivity index (χ2n) is 3.81. The number of halogens is 9. The number of carbonyl (C=O) groups excluding carboxylic acids is 1. The summed E-state index contributed by atoms with van der Waals surface area (Å²) in [7, 11) is 0. The molecule has 1 amide bonds. The van der Waals surface area contributed by atoms with Gasteiger partial charge in [0, 0.05) is 5.57 Å². The van der Waals surface area contributed by atoms with E-state index in [0.717, 1.165) is 12.2 Å². The lowest BCUT2D eigenvalue weighted by atomic mass is 10.0. The average molecular weight is 317 g/mol. The van der Waals surface area contributed by atoms with E-state index in [-0.39, 0.29) is 0 Å². The van der Waals surface area contributed by atoms with Crippen LogP contribution in [-0.4, -0.2) is 36.4 Å². The Morgan fingerprint density at radius 2 is 1.35 bits per heavy atom. The quantitative estimate of drug-likeness (QED) is 0.612. The van der Waals surface area contributed by atoms with E-state index in [1.165, 1.54) is 0 Å². The molecule has 1 N–H and O–H groups in total. The van der Waals surface area contributed by atoms with Crippen LogP contribution in [-0.2, 0) is 4.79 Å². The Balaban J connectivity index is 5.27. The van der Waals surface area contributed by atoms with Crippen molar-refractivity contribution >= 4 is 5.91 Å². The summed E-state index contributed by atoms with van der Waals surface area (Å²) in [6, 6.07) is 0. The van der Waals surface area contributed by atoms with Gasteiger partial charge in [-0.25, -0.2) is 0 Å². The number of hydrogen-bond donors (Lipinski definition) is 1. The molecule has 0 aliphatic carbocycles. The number of nitrogens with one attached hydrogen (secondary N) is 1. The van der Waals surface area contributed by atoms with Crippen LogP contribution >= 0.6 is 0 Å². The molecule has 0 bridgehead atoms. The van der Waals surface area contributed by atoms with Gasteiger partial charge in [0.2, 0.25) is 5.91 Å². The van der Waals surface area contributed by atoms with E-state index in [0.29, 0.717) is 0 Å². The summed E-state index contributed by atoms with van der Waals surface area (Å²) in [6.07, 6.45) is -6.88. The third kappa shape index (κ3) is 3.18. The Morgan fingerprint density at radius 1 is 0.950 bits per heavy atom. The van der Waals surface area contributed by atoms with E-state index < -0.39 is 42.0 Å². The van der Waals surface area contributed by atoms with E-state index in [9.17, 15) is 44.3 Å². The highest BCUT2D eigenvalue weighted by atomic mass is 19.4. The van der Waals surface area contributed by atoms with Crippen LogP contribution in [0.2, 0.25) is 0 Å². The molecule has 20 heavy (non-hydrogen) atoms. The highest BCUT2D eigenvalue weighted by Gasteiger charge is 2.81. The largest absolute Gasteiger partial charge is 0.460 e. The molecule has 0 saturated heterocycles. The smallest absolute Gasteiger partial charge is 0.346 e. The van der Waals surface area contributed by atoms with Crippen molar-refractivity contribution in [2.75, 3.05) is 6.54 Å². The molecule has 0 aromatic carbocycles. The fraction of sp³-hybridized carbons (Fsp3) is 0.667. The Labute approximate surface area is 106 Å². The summed E-state index contributed by atoms with van der Waals surface area (Å²) in [5.41, 5.74) is -0.424. The SMILES string of the molecule is C=C(C)C(=O)NCC(F)(F)C(F)(F)C(F)(F)C(F)(F)F. The molecule has 0 saturated carbocycles. The van der Waals surface area contributed by atoms with Gasteiger partial charge in [0.1, 0.15) is 0 Å². The second-order valence-corrected chi connectivity index (χ2v) is 3.81. The van der Waals surface area contributed by atoms with Crippen molar-refractivity contribution in [3.8, 4) is 0 Å². The molecule has 0 aliphatic heterocycles. The molecular formula is C9H8F9NO. The molecule has 11 heteroatoms. The van der Waals surface area contributed by atoms with Crippen molar-refractivity contribution in [3.63, 3.8) is 0 Å². The van der Waals surface area contributed by atoms with Crippen LogP contribution in [0.4, 0.5) is 39.5 Å². The molecule has 0 rings (SSSR count). The zero-order chi connectivity index (χ0) is 16.6. The lowest BCUT2D eigenvalue weighted by Crippen LogP contribution is -2.63. The summed E-state index contributed by atoms with van der Waals surface area (Å²) in [4.78, 5) is 10.8. The molecule has 0 aromatic heterocycles. The Bertz CT molecular complexity index is 399. The maximum Gasteiger partial charge on any atom is 0.460 e. The minimum atomic E-state index is -6.96. The molecule has 2 nitrogen and oxygen atoms in total. The van der Waals surface area contributed by atoms with Crippen LogP contribution < -0.4 is 5.32 Å². The third-order valence-corrected chi connectivity index (χ3v) is 2.07. The summed E-state index contributed by atoms with van der Waals surface area (Å²) in [6.45, 7) is 1.51. The van der Waals surface area contributed by atoms with Gasteiger partial charge in [-0.1, -0.05) is 6.58 Å². The Morgan fingerprint density at radius 3 is 1.65 bits per heavy atom. The van der Waals surface area contributed by atoms with Crippen LogP contribution in [0.1, 0.15) is 6.92 Å². The van der Waals surface area contributed by atoms with Crippen molar-refractivity contribution in [3.05, 3.63) is 12.2 Å². The highest BCUT2D eigenvalue weighted by molar-refractivity contribution is 5.92. The Hall–Kier alpha value is -1.42. The monoisotopic (exact) mass is 317 g/mol. The first kappa shape index (κ1) is 18.6. The number of alkyl halides is 9. The van der Waals surface area contributed by atoms with Gasteiger partial charge in [-0.2, -0.15) is 39.5 Å². The summed E-state index contributed by atoms with van der Waals surface area (Å²) >= 11 is 0. The molecule has 0 spiro atoms. The maximum atomic E-state index is 12.9. The lowest BCUT2D eigenvalue weighted by molar-refractivity contribution is -0.394. The highest BCUT2D eigenvalue weighted by Crippen LogP contribution is 2.52. The molecule has 0 fully saturated rings. The van der Waals surface area contributed by atoms with Crippen LogP contribution in [0.15, 0.2) is 12.2 Å². The molecule has 0 aromatic rings. The lowest BCUT2D eigenvalue weighted by Gasteiger charge is -2.33.